The fourth-order valence-corrected chi connectivity index (χ4v) is 1.61. The molecule has 4 N–H and O–H groups in total. The number of hydrogen-bond donors (Lipinski definition) is 3. The van der Waals surface area contributed by atoms with Crippen molar-refractivity contribution >= 4 is 11.8 Å². The van der Waals surface area contributed by atoms with Gasteiger partial charge in [0.1, 0.15) is 6.26 Å². The molecule has 2 heterocycles. The van der Waals surface area contributed by atoms with Crippen molar-refractivity contribution in [3.63, 3.8) is 0 Å². The van der Waals surface area contributed by atoms with E-state index in [1.807, 2.05) is 0 Å². The van der Waals surface area contributed by atoms with E-state index in [1.165, 1.54) is 6.20 Å². The fraction of sp³-hybridized carbons (Fsp3) is 0.273. The van der Waals surface area contributed by atoms with Gasteiger partial charge in [-0.1, -0.05) is 0 Å². The summed E-state index contributed by atoms with van der Waals surface area (Å²) < 4.78 is 5.11. The first-order chi connectivity index (χ1) is 9.15. The molecule has 2 amide bonds. The molecule has 19 heavy (non-hydrogen) atoms. The fourth-order valence-electron chi connectivity index (χ4n) is 1.61. The van der Waals surface area contributed by atoms with Crippen LogP contribution in [0.2, 0.25) is 0 Å². The third-order valence-corrected chi connectivity index (χ3v) is 2.76. The first-order valence-electron chi connectivity index (χ1n) is 5.75. The molecule has 0 unspecified atom stereocenters. The van der Waals surface area contributed by atoms with Gasteiger partial charge in [-0.3, -0.25) is 14.7 Å². The number of nitrogens with two attached hydrogens (primary N) is 1. The van der Waals surface area contributed by atoms with E-state index < -0.39 is 5.91 Å². The number of carbonyl (C=O) groups excluding carboxylic acids is 2. The van der Waals surface area contributed by atoms with Crippen LogP contribution < -0.4 is 11.1 Å². The summed E-state index contributed by atoms with van der Waals surface area (Å²) in [7, 11) is 0. The lowest BCUT2D eigenvalue weighted by Crippen LogP contribution is -2.25. The van der Waals surface area contributed by atoms with Crippen LogP contribution >= 0.6 is 0 Å². The molecule has 98 valence electrons. The average Bonchev–Trinajstić information content (AvgIpc) is 2.92. The predicted molar refractivity (Wildman–Crippen MR) is 63.1 cm³/mol. The van der Waals surface area contributed by atoms with Crippen LogP contribution in [0.5, 0.6) is 0 Å². The van der Waals surface area contributed by atoms with Crippen LogP contribution in [0, 0.1) is 0 Å². The lowest BCUT2D eigenvalue weighted by atomic mass is 10.2. The number of hydrogen-bond acceptors (Lipinski definition) is 5. The molecule has 0 saturated heterocycles. The van der Waals surface area contributed by atoms with E-state index in [-0.39, 0.29) is 29.2 Å². The van der Waals surface area contributed by atoms with Gasteiger partial charge in [0.25, 0.3) is 11.8 Å². The summed E-state index contributed by atoms with van der Waals surface area (Å²) in [5.74, 6) is -0.865. The summed E-state index contributed by atoms with van der Waals surface area (Å²) in [6.07, 6.45) is 4.57. The van der Waals surface area contributed by atoms with Gasteiger partial charge in [-0.2, -0.15) is 5.10 Å². The Morgan fingerprint density at radius 2 is 2.26 bits per heavy atom. The molecule has 0 aliphatic heterocycles. The van der Waals surface area contributed by atoms with Crippen LogP contribution in [0.15, 0.2) is 16.9 Å². The van der Waals surface area contributed by atoms with Gasteiger partial charge in [-0.05, 0) is 12.8 Å². The molecule has 0 bridgehead atoms. The molecule has 1 saturated carbocycles. The van der Waals surface area contributed by atoms with Gasteiger partial charge in [0.2, 0.25) is 5.89 Å². The highest BCUT2D eigenvalue weighted by Crippen LogP contribution is 2.23. The highest BCUT2D eigenvalue weighted by molar-refractivity contribution is 5.99. The van der Waals surface area contributed by atoms with E-state index in [2.05, 4.69) is 20.5 Å². The van der Waals surface area contributed by atoms with Gasteiger partial charge in [0.15, 0.2) is 11.4 Å². The molecule has 0 spiro atoms. The zero-order valence-corrected chi connectivity index (χ0v) is 9.84. The zero-order valence-electron chi connectivity index (χ0n) is 9.84. The van der Waals surface area contributed by atoms with Gasteiger partial charge in [0, 0.05) is 12.2 Å². The summed E-state index contributed by atoms with van der Waals surface area (Å²) in [6.45, 7) is 0. The molecule has 1 aliphatic carbocycles. The van der Waals surface area contributed by atoms with Crippen molar-refractivity contribution in [1.82, 2.24) is 20.5 Å². The van der Waals surface area contributed by atoms with E-state index in [4.69, 9.17) is 10.2 Å². The number of H-pyrrole nitrogens is 1. The van der Waals surface area contributed by atoms with Gasteiger partial charge < -0.3 is 15.5 Å². The lowest BCUT2D eigenvalue weighted by Gasteiger charge is -2.00. The number of nitrogens with one attached hydrogen (secondary N) is 2. The highest BCUT2D eigenvalue weighted by Gasteiger charge is 2.27. The highest BCUT2D eigenvalue weighted by atomic mass is 16.3. The van der Waals surface area contributed by atoms with Crippen LogP contribution in [-0.4, -0.2) is 33.0 Å². The van der Waals surface area contributed by atoms with Crippen molar-refractivity contribution < 1.29 is 14.0 Å². The van der Waals surface area contributed by atoms with Crippen molar-refractivity contribution in [3.8, 4) is 11.6 Å². The van der Waals surface area contributed by atoms with Crippen molar-refractivity contribution in [2.24, 2.45) is 5.73 Å². The molecule has 1 aliphatic rings. The first-order valence-corrected chi connectivity index (χ1v) is 5.75. The zero-order chi connectivity index (χ0) is 13.4. The van der Waals surface area contributed by atoms with Gasteiger partial charge >= 0.3 is 0 Å². The van der Waals surface area contributed by atoms with E-state index >= 15 is 0 Å². The molecular weight excluding hydrogens is 250 g/mol. The molecule has 8 heteroatoms. The average molecular weight is 261 g/mol. The Kier molecular flexibility index (Phi) is 2.55. The first kappa shape index (κ1) is 11.5. The summed E-state index contributed by atoms with van der Waals surface area (Å²) in [5.41, 5.74) is 5.65. The molecule has 2 aromatic rings. The second-order valence-corrected chi connectivity index (χ2v) is 4.30. The number of nitrogens with zero attached hydrogens (tertiary/aromatic N) is 2. The Bertz CT molecular complexity index is 640. The van der Waals surface area contributed by atoms with Crippen LogP contribution in [0.4, 0.5) is 0 Å². The van der Waals surface area contributed by atoms with Gasteiger partial charge in [-0.15, -0.1) is 0 Å². The molecule has 0 radical (unpaired) electrons. The smallest absolute Gasteiger partial charge is 0.270 e. The van der Waals surface area contributed by atoms with Gasteiger partial charge in [0.05, 0.1) is 5.56 Å². The Morgan fingerprint density at radius 1 is 1.47 bits per heavy atom. The maximum Gasteiger partial charge on any atom is 0.270 e. The third kappa shape index (κ3) is 2.19. The SMILES string of the molecule is NC(=O)c1coc(-c2n[nH]cc2C(=O)NC2CC2)n1. The van der Waals surface area contributed by atoms with Crippen molar-refractivity contribution in [2.75, 3.05) is 0 Å². The number of aromatic amines is 1. The normalized spacial score (nSPS) is 14.3. The Labute approximate surface area is 107 Å². The molecule has 8 nitrogen and oxygen atoms in total. The second kappa shape index (κ2) is 4.23. The number of carbonyl (C=O) groups is 2. The summed E-state index contributed by atoms with van der Waals surface area (Å²) in [5, 5.41) is 9.33. The Morgan fingerprint density at radius 3 is 2.89 bits per heavy atom. The molecule has 3 rings (SSSR count). The monoisotopic (exact) mass is 261 g/mol. The Balaban J connectivity index is 1.89. The number of oxazole rings is 1. The number of aromatic nitrogens is 3. The third-order valence-electron chi connectivity index (χ3n) is 2.76. The predicted octanol–water partition coefficient (Wildman–Crippen LogP) is 0.0558. The second-order valence-electron chi connectivity index (χ2n) is 4.30. The Hall–Kier alpha value is -2.64. The molecule has 0 atom stereocenters. The summed E-state index contributed by atoms with van der Waals surface area (Å²) in [4.78, 5) is 26.8. The molecule has 2 aromatic heterocycles. The minimum atomic E-state index is -0.700. The van der Waals surface area contributed by atoms with Crippen molar-refractivity contribution in [2.45, 2.75) is 18.9 Å². The van der Waals surface area contributed by atoms with E-state index in [1.54, 1.807) is 0 Å². The summed E-state index contributed by atoms with van der Waals surface area (Å²) >= 11 is 0. The van der Waals surface area contributed by atoms with Crippen LogP contribution in [0.3, 0.4) is 0 Å². The number of primary amides is 1. The van der Waals surface area contributed by atoms with Crippen LogP contribution in [0.25, 0.3) is 11.6 Å². The maximum atomic E-state index is 12.0. The minimum Gasteiger partial charge on any atom is -0.442 e. The number of rotatable bonds is 4. The molecule has 0 aromatic carbocycles. The topological polar surface area (TPSA) is 127 Å². The van der Waals surface area contributed by atoms with Gasteiger partial charge in [-0.25, -0.2) is 4.98 Å². The van der Waals surface area contributed by atoms with Crippen molar-refractivity contribution in [3.05, 3.63) is 23.7 Å². The largest absolute Gasteiger partial charge is 0.442 e. The summed E-state index contributed by atoms with van der Waals surface area (Å²) in [6, 6.07) is 0.237. The quantitative estimate of drug-likeness (QED) is 0.716. The number of amides is 2. The van der Waals surface area contributed by atoms with Crippen molar-refractivity contribution in [1.29, 1.82) is 0 Å². The minimum absolute atomic E-state index is 0.00782. The van der Waals surface area contributed by atoms with E-state index in [0.717, 1.165) is 19.1 Å². The standard InChI is InChI=1S/C11H11N5O3/c12-9(17)7-4-19-11(15-7)8-6(3-13-16-8)10(18)14-5-1-2-5/h3-5H,1-2H2,(H2,12,17)(H,13,16)(H,14,18). The van der Waals surface area contributed by atoms with Crippen LogP contribution in [-0.2, 0) is 0 Å². The van der Waals surface area contributed by atoms with Crippen LogP contribution in [0.1, 0.15) is 33.7 Å². The lowest BCUT2D eigenvalue weighted by molar-refractivity contribution is 0.0950. The molecular formula is C11H11N5O3. The van der Waals surface area contributed by atoms with E-state index in [9.17, 15) is 9.59 Å². The molecule has 1 fully saturated rings. The van der Waals surface area contributed by atoms with E-state index in [0.29, 0.717) is 5.56 Å². The maximum absolute atomic E-state index is 12.0.